The number of benzene rings is 3. The van der Waals surface area contributed by atoms with Crippen molar-refractivity contribution in [3.8, 4) is 6.07 Å². The van der Waals surface area contributed by atoms with E-state index in [1.165, 1.54) is 42.5 Å². The molecule has 3 aromatic carbocycles. The number of nitrogens with zero attached hydrogens (tertiary/aromatic N) is 1. The van der Waals surface area contributed by atoms with E-state index in [0.29, 0.717) is 0 Å². The van der Waals surface area contributed by atoms with E-state index in [-0.39, 0.29) is 26.7 Å². The Bertz CT molecular complexity index is 1320. The third kappa shape index (κ3) is 4.79. The Kier molecular flexibility index (Phi) is 5.82. The zero-order chi connectivity index (χ0) is 21.9. The second-order valence-corrected chi connectivity index (χ2v) is 10.1. The maximum Gasteiger partial charge on any atom is 0.261 e. The fourth-order valence-corrected chi connectivity index (χ4v) is 4.78. The van der Waals surface area contributed by atoms with Crippen molar-refractivity contribution in [3.05, 3.63) is 83.4 Å². The number of sulfonamides is 2. The van der Waals surface area contributed by atoms with Gasteiger partial charge in [-0.1, -0.05) is 35.4 Å². The number of hydrogen-bond acceptors (Lipinski definition) is 5. The Hall–Kier alpha value is -3.35. The van der Waals surface area contributed by atoms with Gasteiger partial charge in [0.05, 0.1) is 32.8 Å². The summed E-state index contributed by atoms with van der Waals surface area (Å²) in [6, 6.07) is 18.4. The first-order valence-electron chi connectivity index (χ1n) is 8.84. The maximum absolute atomic E-state index is 12.8. The highest BCUT2D eigenvalue weighted by Crippen LogP contribution is 2.28. The van der Waals surface area contributed by atoms with Crippen molar-refractivity contribution in [2.75, 3.05) is 9.44 Å². The Balaban J connectivity index is 2.00. The van der Waals surface area contributed by atoms with Crippen LogP contribution in [0.2, 0.25) is 0 Å². The molecule has 154 valence electrons. The van der Waals surface area contributed by atoms with Crippen LogP contribution in [-0.4, -0.2) is 16.8 Å². The van der Waals surface area contributed by atoms with Crippen molar-refractivity contribution in [2.24, 2.45) is 0 Å². The van der Waals surface area contributed by atoms with Crippen LogP contribution in [0, 0.1) is 25.2 Å². The summed E-state index contributed by atoms with van der Waals surface area (Å²) in [6.45, 7) is 3.67. The molecule has 9 heteroatoms. The van der Waals surface area contributed by atoms with E-state index in [4.69, 9.17) is 5.26 Å². The molecule has 0 spiro atoms. The minimum Gasteiger partial charge on any atom is -0.277 e. The van der Waals surface area contributed by atoms with Crippen molar-refractivity contribution < 1.29 is 16.8 Å². The van der Waals surface area contributed by atoms with Gasteiger partial charge < -0.3 is 0 Å². The van der Waals surface area contributed by atoms with Crippen LogP contribution in [-0.2, 0) is 20.0 Å². The van der Waals surface area contributed by atoms with Gasteiger partial charge in [0.15, 0.2) is 0 Å². The molecule has 0 saturated heterocycles. The molecule has 0 atom stereocenters. The molecule has 3 rings (SSSR count). The number of anilines is 2. The number of aryl methyl sites for hydroxylation is 2. The first-order valence-corrected chi connectivity index (χ1v) is 11.8. The minimum atomic E-state index is -4.00. The van der Waals surface area contributed by atoms with Crippen molar-refractivity contribution in [1.82, 2.24) is 0 Å². The quantitative estimate of drug-likeness (QED) is 0.604. The van der Waals surface area contributed by atoms with Gasteiger partial charge in [-0.2, -0.15) is 5.26 Å². The summed E-state index contributed by atoms with van der Waals surface area (Å²) in [7, 11) is -7.96. The molecule has 0 amide bonds. The zero-order valence-corrected chi connectivity index (χ0v) is 17.9. The van der Waals surface area contributed by atoms with Crippen LogP contribution in [0.5, 0.6) is 0 Å². The molecule has 3 aromatic rings. The molecule has 0 aromatic heterocycles. The van der Waals surface area contributed by atoms with Gasteiger partial charge in [-0.3, -0.25) is 9.44 Å². The van der Waals surface area contributed by atoms with Crippen LogP contribution in [0.15, 0.2) is 76.5 Å². The second-order valence-electron chi connectivity index (χ2n) is 6.71. The largest absolute Gasteiger partial charge is 0.277 e. The molecule has 0 radical (unpaired) electrons. The van der Waals surface area contributed by atoms with Gasteiger partial charge in [0, 0.05) is 0 Å². The lowest BCUT2D eigenvalue weighted by molar-refractivity contribution is 0.599. The van der Waals surface area contributed by atoms with Crippen LogP contribution < -0.4 is 9.44 Å². The third-order valence-electron chi connectivity index (χ3n) is 4.30. The Labute approximate surface area is 176 Å². The minimum absolute atomic E-state index is 0.00487. The predicted octanol–water partition coefficient (Wildman–Crippen LogP) is 3.78. The van der Waals surface area contributed by atoms with E-state index >= 15 is 0 Å². The average molecular weight is 442 g/mol. The van der Waals surface area contributed by atoms with Crippen LogP contribution in [0.4, 0.5) is 11.4 Å². The lowest BCUT2D eigenvalue weighted by atomic mass is 10.2. The van der Waals surface area contributed by atoms with Crippen molar-refractivity contribution in [1.29, 1.82) is 5.26 Å². The van der Waals surface area contributed by atoms with Crippen LogP contribution in [0.1, 0.15) is 16.7 Å². The van der Waals surface area contributed by atoms with E-state index in [9.17, 15) is 16.8 Å². The molecule has 0 aliphatic carbocycles. The first kappa shape index (κ1) is 21.4. The highest BCUT2D eigenvalue weighted by atomic mass is 32.2. The second kappa shape index (κ2) is 8.18. The molecule has 0 aliphatic rings. The van der Waals surface area contributed by atoms with E-state index in [0.717, 1.165) is 11.1 Å². The molecule has 30 heavy (non-hydrogen) atoms. The molecule has 0 aliphatic heterocycles. The van der Waals surface area contributed by atoms with Crippen LogP contribution in [0.3, 0.4) is 0 Å². The van der Waals surface area contributed by atoms with Gasteiger partial charge in [0.1, 0.15) is 0 Å². The smallest absolute Gasteiger partial charge is 0.261 e. The van der Waals surface area contributed by atoms with Crippen molar-refractivity contribution >= 4 is 31.4 Å². The molecule has 0 unspecified atom stereocenters. The molecule has 2 N–H and O–H groups in total. The third-order valence-corrected chi connectivity index (χ3v) is 7.06. The molecule has 0 heterocycles. The van der Waals surface area contributed by atoms with Crippen molar-refractivity contribution in [3.63, 3.8) is 0 Å². The summed E-state index contributed by atoms with van der Waals surface area (Å²) in [6.07, 6.45) is 0. The van der Waals surface area contributed by atoms with Gasteiger partial charge in [-0.05, 0) is 56.3 Å². The number of nitrogens with one attached hydrogen (secondary N) is 2. The molecule has 0 saturated carbocycles. The molecular weight excluding hydrogens is 422 g/mol. The number of rotatable bonds is 6. The van der Waals surface area contributed by atoms with Gasteiger partial charge >= 0.3 is 0 Å². The van der Waals surface area contributed by atoms with Crippen molar-refractivity contribution in [2.45, 2.75) is 23.6 Å². The lowest BCUT2D eigenvalue weighted by Gasteiger charge is -2.15. The summed E-state index contributed by atoms with van der Waals surface area (Å²) < 4.78 is 55.8. The molecule has 7 nitrogen and oxygen atoms in total. The first-order chi connectivity index (χ1) is 14.1. The zero-order valence-electron chi connectivity index (χ0n) is 16.2. The van der Waals surface area contributed by atoms with Crippen LogP contribution >= 0.6 is 0 Å². The topological polar surface area (TPSA) is 116 Å². The SMILES string of the molecule is Cc1ccc(S(=O)(=O)Nc2ccc(C#N)cc2NS(=O)(=O)c2ccc(C)cc2)cc1. The number of nitriles is 1. The fourth-order valence-electron chi connectivity index (χ4n) is 2.63. The number of hydrogen-bond donors (Lipinski definition) is 2. The Morgan fingerprint density at radius 1 is 0.667 bits per heavy atom. The summed E-state index contributed by atoms with van der Waals surface area (Å²) in [5.74, 6) is 0. The Morgan fingerprint density at radius 3 is 1.53 bits per heavy atom. The van der Waals surface area contributed by atoms with Crippen LogP contribution in [0.25, 0.3) is 0 Å². The summed E-state index contributed by atoms with van der Waals surface area (Å²) in [4.78, 5) is 0.0487. The predicted molar refractivity (Wildman–Crippen MR) is 115 cm³/mol. The average Bonchev–Trinajstić information content (AvgIpc) is 2.69. The molecule has 0 bridgehead atoms. The maximum atomic E-state index is 12.8. The lowest BCUT2D eigenvalue weighted by Crippen LogP contribution is -2.17. The molecule has 0 fully saturated rings. The fraction of sp³-hybridized carbons (Fsp3) is 0.0952. The van der Waals surface area contributed by atoms with E-state index < -0.39 is 20.0 Å². The highest BCUT2D eigenvalue weighted by Gasteiger charge is 2.20. The Morgan fingerprint density at radius 2 is 1.10 bits per heavy atom. The van der Waals surface area contributed by atoms with Gasteiger partial charge in [-0.15, -0.1) is 0 Å². The monoisotopic (exact) mass is 441 g/mol. The van der Waals surface area contributed by atoms with E-state index in [1.807, 2.05) is 19.9 Å². The summed E-state index contributed by atoms with van der Waals surface area (Å²) >= 11 is 0. The summed E-state index contributed by atoms with van der Waals surface area (Å²) in [5.41, 5.74) is 1.93. The highest BCUT2D eigenvalue weighted by molar-refractivity contribution is 7.93. The van der Waals surface area contributed by atoms with E-state index in [2.05, 4.69) is 9.44 Å². The summed E-state index contributed by atoms with van der Waals surface area (Å²) in [5, 5.41) is 9.17. The van der Waals surface area contributed by atoms with E-state index in [1.54, 1.807) is 24.3 Å². The van der Waals surface area contributed by atoms with Gasteiger partial charge in [0.2, 0.25) is 0 Å². The van der Waals surface area contributed by atoms with Gasteiger partial charge in [-0.25, -0.2) is 16.8 Å². The standard InChI is InChI=1S/C21H19N3O4S2/c1-15-3-8-18(9-4-15)29(25,26)23-20-12-7-17(14-22)13-21(20)24-30(27,28)19-10-5-16(2)6-11-19/h3-13,23-24H,1-2H3. The molecular formula is C21H19N3O4S2. The normalized spacial score (nSPS) is 11.5. The van der Waals surface area contributed by atoms with Gasteiger partial charge in [0.25, 0.3) is 20.0 Å².